The molecular weight excluding hydrogens is 516 g/mol. The third-order valence-electron chi connectivity index (χ3n) is 6.12. The lowest BCUT2D eigenvalue weighted by atomic mass is 10.2. The Bertz CT molecular complexity index is 1380. The summed E-state index contributed by atoms with van der Waals surface area (Å²) in [5, 5.41) is 2.98. The van der Waals surface area contributed by atoms with E-state index in [1.54, 1.807) is 19.5 Å². The van der Waals surface area contributed by atoms with E-state index in [1.165, 1.54) is 40.5 Å². The summed E-state index contributed by atoms with van der Waals surface area (Å²) in [6, 6.07) is 6.33. The van der Waals surface area contributed by atoms with Crippen LogP contribution in [-0.4, -0.2) is 60.3 Å². The third kappa shape index (κ3) is 12.1. The summed E-state index contributed by atoms with van der Waals surface area (Å²) < 4.78 is 9.77. The molecule has 0 fully saturated rings. The van der Waals surface area contributed by atoms with Gasteiger partial charge in [0.05, 0.1) is 14.2 Å². The number of nitrogens with two attached hydrogens (primary N) is 1. The van der Waals surface area contributed by atoms with E-state index in [9.17, 15) is 0 Å². The van der Waals surface area contributed by atoms with E-state index in [-0.39, 0.29) is 0 Å². The minimum Gasteiger partial charge on any atom is -0.481 e. The van der Waals surface area contributed by atoms with Gasteiger partial charge in [0.1, 0.15) is 17.5 Å². The highest BCUT2D eigenvalue weighted by molar-refractivity contribution is 5.41. The van der Waals surface area contributed by atoms with E-state index in [0.717, 1.165) is 17.2 Å². The molecule has 4 heterocycles. The van der Waals surface area contributed by atoms with Gasteiger partial charge in [0.25, 0.3) is 0 Å². The Morgan fingerprint density at radius 1 is 0.634 bits per heavy atom. The molecule has 3 N–H and O–H groups in total. The van der Waals surface area contributed by atoms with E-state index in [1.807, 2.05) is 71.3 Å². The number of ether oxygens (including phenoxy) is 2. The molecule has 0 aliphatic carbocycles. The van der Waals surface area contributed by atoms with E-state index < -0.39 is 0 Å². The number of pyridine rings is 3. The largest absolute Gasteiger partial charge is 0.481 e. The topological polar surface area (TPSA) is 124 Å². The maximum Gasteiger partial charge on any atom is 0.319 e. The quantitative estimate of drug-likeness (QED) is 0.325. The predicted octanol–water partition coefficient (Wildman–Crippen LogP) is 5.59. The summed E-state index contributed by atoms with van der Waals surface area (Å²) in [6.07, 6.45) is 7.22. The molecule has 10 heteroatoms. The Morgan fingerprint density at radius 2 is 1.15 bits per heavy atom. The van der Waals surface area contributed by atoms with Crippen molar-refractivity contribution in [3.8, 4) is 11.9 Å². The molecule has 0 radical (unpaired) electrons. The van der Waals surface area contributed by atoms with Crippen molar-refractivity contribution < 1.29 is 9.47 Å². The van der Waals surface area contributed by atoms with Gasteiger partial charge in [-0.05, 0) is 100 Å². The van der Waals surface area contributed by atoms with Crippen molar-refractivity contribution >= 4 is 17.5 Å². The Balaban J connectivity index is 0.000000274. The maximum atomic E-state index is 5.42. The highest BCUT2D eigenvalue weighted by atomic mass is 16.5. The summed E-state index contributed by atoms with van der Waals surface area (Å²) in [6.45, 7) is 14.2. The lowest BCUT2D eigenvalue weighted by molar-refractivity contribution is 0.350. The lowest BCUT2D eigenvalue weighted by Crippen LogP contribution is -2.10. The first-order valence-corrected chi connectivity index (χ1v) is 13.1. The van der Waals surface area contributed by atoms with Gasteiger partial charge in [-0.15, -0.1) is 0 Å². The zero-order valence-corrected chi connectivity index (χ0v) is 26.6. The first kappa shape index (κ1) is 34.6. The Labute approximate surface area is 245 Å². The van der Waals surface area contributed by atoms with Crippen LogP contribution in [0.5, 0.6) is 11.9 Å². The minimum atomic E-state index is 0.326. The first-order valence-electron chi connectivity index (χ1n) is 13.1. The van der Waals surface area contributed by atoms with Gasteiger partial charge < -0.3 is 25.4 Å². The summed E-state index contributed by atoms with van der Waals surface area (Å²) in [4.78, 5) is 22.2. The molecule has 0 aliphatic rings. The van der Waals surface area contributed by atoms with Crippen LogP contribution in [0.4, 0.5) is 17.5 Å². The van der Waals surface area contributed by atoms with E-state index in [0.29, 0.717) is 17.7 Å². The smallest absolute Gasteiger partial charge is 0.319 e. The number of hydrogen-bond acceptors (Lipinski definition) is 10. The van der Waals surface area contributed by atoms with Gasteiger partial charge in [0.15, 0.2) is 0 Å². The highest BCUT2D eigenvalue weighted by Gasteiger charge is 2.02. The molecule has 4 rings (SSSR count). The molecule has 222 valence electrons. The monoisotopic (exact) mass is 562 g/mol. The number of methoxy groups -OCH3 is 2. The molecule has 4 aromatic heterocycles. The number of nitrogens with zero attached hydrogens (tertiary/aromatic N) is 6. The van der Waals surface area contributed by atoms with Gasteiger partial charge in [-0.25, -0.2) is 19.9 Å². The zero-order chi connectivity index (χ0) is 31.1. The molecule has 0 spiro atoms. The van der Waals surface area contributed by atoms with Crippen molar-refractivity contribution in [3.05, 3.63) is 81.9 Å². The van der Waals surface area contributed by atoms with Gasteiger partial charge in [-0.2, -0.15) is 4.98 Å². The van der Waals surface area contributed by atoms with Gasteiger partial charge in [0, 0.05) is 51.5 Å². The second kappa shape index (κ2) is 17.3. The highest BCUT2D eigenvalue weighted by Crippen LogP contribution is 2.15. The molecule has 0 unspecified atom stereocenters. The van der Waals surface area contributed by atoms with Gasteiger partial charge in [0.2, 0.25) is 5.88 Å². The normalized spacial score (nSPS) is 9.56. The van der Waals surface area contributed by atoms with Crippen LogP contribution in [-0.2, 0) is 0 Å². The molecule has 41 heavy (non-hydrogen) atoms. The molecule has 0 saturated heterocycles. The minimum absolute atomic E-state index is 0.326. The Kier molecular flexibility index (Phi) is 14.6. The maximum absolute atomic E-state index is 5.42. The van der Waals surface area contributed by atoms with Crippen LogP contribution in [0.3, 0.4) is 0 Å². The summed E-state index contributed by atoms with van der Waals surface area (Å²) in [5.41, 5.74) is 13.7. The molecule has 0 aromatic carbocycles. The molecule has 0 atom stereocenters. The second-order valence-electron chi connectivity index (χ2n) is 9.67. The van der Waals surface area contributed by atoms with Crippen LogP contribution >= 0.6 is 0 Å². The van der Waals surface area contributed by atoms with Gasteiger partial charge in [-0.3, -0.25) is 0 Å². The van der Waals surface area contributed by atoms with Crippen molar-refractivity contribution in [2.45, 2.75) is 48.5 Å². The van der Waals surface area contributed by atoms with Crippen molar-refractivity contribution in [1.29, 1.82) is 0 Å². The number of rotatable bonds is 4. The van der Waals surface area contributed by atoms with Crippen molar-refractivity contribution in [2.75, 3.05) is 51.3 Å². The predicted molar refractivity (Wildman–Crippen MR) is 169 cm³/mol. The van der Waals surface area contributed by atoms with Crippen LogP contribution in [0.15, 0.2) is 43.0 Å². The summed E-state index contributed by atoms with van der Waals surface area (Å²) in [7, 11) is 8.95. The number of aromatic nitrogens is 5. The van der Waals surface area contributed by atoms with E-state index in [4.69, 9.17) is 15.2 Å². The standard InChI is InChI=1S/C9H14N2.C8H12N2.C7H10N2O2.C7H10N2/c1-7-5-9(11(3)4)10-6-8(7)2;1-6-4-8(9-3)10-5-7(6)2;1-5-4-8-7(11-3)9-6(5)10-2;1-5-3-7(8)9-4-6(5)2/h5-6H,1-4H3;4-5H,1-3H3,(H,9,10);4H,1-3H3;3-4H,1-2H3,(H2,8,9). The lowest BCUT2D eigenvalue weighted by Gasteiger charge is -2.11. The third-order valence-corrected chi connectivity index (χ3v) is 6.12. The van der Waals surface area contributed by atoms with Crippen LogP contribution in [0.2, 0.25) is 0 Å². The molecular formula is C31H46N8O2. The van der Waals surface area contributed by atoms with E-state index >= 15 is 0 Å². The summed E-state index contributed by atoms with van der Waals surface area (Å²) in [5.74, 6) is 3.10. The fourth-order valence-corrected chi connectivity index (χ4v) is 2.98. The molecule has 0 aliphatic heterocycles. The fourth-order valence-electron chi connectivity index (χ4n) is 2.98. The number of nitrogen functional groups attached to an aromatic ring is 1. The van der Waals surface area contributed by atoms with Crippen molar-refractivity contribution in [3.63, 3.8) is 0 Å². The van der Waals surface area contributed by atoms with Gasteiger partial charge in [-0.1, -0.05) is 0 Å². The van der Waals surface area contributed by atoms with Crippen LogP contribution in [0.25, 0.3) is 0 Å². The summed E-state index contributed by atoms with van der Waals surface area (Å²) >= 11 is 0. The Hall–Kier alpha value is -4.47. The number of aryl methyl sites for hydroxylation is 7. The molecule has 0 bridgehead atoms. The van der Waals surface area contributed by atoms with E-state index in [2.05, 4.69) is 64.0 Å². The average Bonchev–Trinajstić information content (AvgIpc) is 2.95. The van der Waals surface area contributed by atoms with Crippen LogP contribution < -0.4 is 25.4 Å². The molecule has 0 saturated carbocycles. The van der Waals surface area contributed by atoms with Crippen molar-refractivity contribution in [2.24, 2.45) is 0 Å². The number of anilines is 3. The fraction of sp³-hybridized carbons (Fsp3) is 0.387. The number of nitrogens with one attached hydrogen (secondary N) is 1. The molecule has 4 aromatic rings. The Morgan fingerprint density at radius 3 is 1.59 bits per heavy atom. The van der Waals surface area contributed by atoms with Crippen LogP contribution in [0.1, 0.15) is 38.9 Å². The van der Waals surface area contributed by atoms with Gasteiger partial charge >= 0.3 is 6.01 Å². The molecule has 10 nitrogen and oxygen atoms in total. The first-order chi connectivity index (χ1) is 19.3. The number of hydrogen-bond donors (Lipinski definition) is 2. The molecule has 0 amide bonds. The SMILES string of the molecule is CNc1cc(C)c(C)cn1.COc1ncc(C)c(OC)n1.Cc1cnc(N(C)C)cc1C.Cc1cnc(N)cc1C. The van der Waals surface area contributed by atoms with Crippen molar-refractivity contribution in [1.82, 2.24) is 24.9 Å². The van der Waals surface area contributed by atoms with Crippen LogP contribution in [0, 0.1) is 48.5 Å². The zero-order valence-electron chi connectivity index (χ0n) is 26.6. The second-order valence-corrected chi connectivity index (χ2v) is 9.67. The average molecular weight is 563 g/mol.